The van der Waals surface area contributed by atoms with Crippen molar-refractivity contribution in [2.75, 3.05) is 0 Å². The maximum absolute atomic E-state index is 10.3. The number of rotatable bonds is 2. The highest BCUT2D eigenvalue weighted by molar-refractivity contribution is 5.65. The molecule has 0 bridgehead atoms. The second kappa shape index (κ2) is 3.11. The zero-order valence-corrected chi connectivity index (χ0v) is 5.83. The molecule has 0 fully saturated rings. The quantitative estimate of drug-likeness (QED) is 0.455. The molecule has 10 heavy (non-hydrogen) atoms. The Hall–Kier alpha value is -1.18. The second-order valence-corrected chi connectivity index (χ2v) is 2.07. The molecule has 0 aliphatic carbocycles. The molecule has 54 valence electrons. The minimum atomic E-state index is -0.235. The monoisotopic (exact) mass is 137 g/mol. The summed E-state index contributed by atoms with van der Waals surface area (Å²) in [5.41, 5.74) is 1.04. The zero-order valence-electron chi connectivity index (χ0n) is 5.83. The van der Waals surface area contributed by atoms with E-state index in [-0.39, 0.29) is 5.97 Å². The standard InChI is InChI=1S/C8H9O2/c1-7(9)10-6-8-4-2-3-5-8/h2-5H,6H2,1H3/q-1. The minimum absolute atomic E-state index is 0.235. The van der Waals surface area contributed by atoms with Crippen molar-refractivity contribution >= 4 is 5.97 Å². The molecule has 0 aliphatic heterocycles. The number of ether oxygens (including phenoxy) is 1. The van der Waals surface area contributed by atoms with Crippen molar-refractivity contribution in [1.29, 1.82) is 0 Å². The van der Waals surface area contributed by atoms with Gasteiger partial charge >= 0.3 is 5.97 Å². The van der Waals surface area contributed by atoms with Crippen LogP contribution in [0.2, 0.25) is 0 Å². The molecule has 1 aromatic rings. The predicted molar refractivity (Wildman–Crippen MR) is 37.5 cm³/mol. The predicted octanol–water partition coefficient (Wildman–Crippen LogP) is 1.47. The van der Waals surface area contributed by atoms with Gasteiger partial charge in [0.1, 0.15) is 0 Å². The smallest absolute Gasteiger partial charge is 0.302 e. The molecular formula is C8H9O2-. The Labute approximate surface area is 59.8 Å². The fourth-order valence-electron chi connectivity index (χ4n) is 0.695. The third-order valence-corrected chi connectivity index (χ3v) is 1.17. The van der Waals surface area contributed by atoms with Gasteiger partial charge in [0.15, 0.2) is 0 Å². The molecule has 0 aromatic heterocycles. The molecular weight excluding hydrogens is 128 g/mol. The lowest BCUT2D eigenvalue weighted by atomic mass is 10.4. The summed E-state index contributed by atoms with van der Waals surface area (Å²) < 4.78 is 4.75. The Balaban J connectivity index is 2.35. The molecule has 0 saturated carbocycles. The first-order valence-corrected chi connectivity index (χ1v) is 3.13. The molecule has 0 amide bonds. The Morgan fingerprint density at radius 1 is 1.80 bits per heavy atom. The molecule has 1 rings (SSSR count). The van der Waals surface area contributed by atoms with Gasteiger partial charge in [-0.1, -0.05) is 0 Å². The molecule has 0 heterocycles. The lowest BCUT2D eigenvalue weighted by molar-refractivity contribution is -0.142. The fraction of sp³-hybridized carbons (Fsp3) is 0.250. The van der Waals surface area contributed by atoms with Gasteiger partial charge in [-0.05, 0) is 0 Å². The van der Waals surface area contributed by atoms with Gasteiger partial charge in [-0.2, -0.15) is 12.1 Å². The lowest BCUT2D eigenvalue weighted by Crippen LogP contribution is -1.97. The lowest BCUT2D eigenvalue weighted by Gasteiger charge is -2.01. The summed E-state index contributed by atoms with van der Waals surface area (Å²) in [5, 5.41) is 0. The molecule has 0 radical (unpaired) electrons. The maximum Gasteiger partial charge on any atom is 0.302 e. The minimum Gasteiger partial charge on any atom is -0.463 e. The summed E-state index contributed by atoms with van der Waals surface area (Å²) >= 11 is 0. The van der Waals surface area contributed by atoms with Crippen molar-refractivity contribution in [2.45, 2.75) is 13.5 Å². The normalized spacial score (nSPS) is 9.30. The number of hydrogen-bond acceptors (Lipinski definition) is 2. The average molecular weight is 137 g/mol. The van der Waals surface area contributed by atoms with E-state index in [2.05, 4.69) is 0 Å². The Morgan fingerprint density at radius 2 is 2.60 bits per heavy atom. The van der Waals surface area contributed by atoms with E-state index in [0.717, 1.165) is 5.56 Å². The summed E-state index contributed by atoms with van der Waals surface area (Å²) in [5.74, 6) is -0.235. The molecule has 0 atom stereocenters. The third-order valence-electron chi connectivity index (χ3n) is 1.17. The molecule has 0 aliphatic rings. The highest BCUT2D eigenvalue weighted by Gasteiger charge is 1.89. The number of carbonyl (C=O) groups excluding carboxylic acids is 1. The van der Waals surface area contributed by atoms with Crippen molar-refractivity contribution in [1.82, 2.24) is 0 Å². The highest BCUT2D eigenvalue weighted by atomic mass is 16.5. The van der Waals surface area contributed by atoms with E-state index in [9.17, 15) is 4.79 Å². The van der Waals surface area contributed by atoms with Crippen LogP contribution < -0.4 is 0 Å². The van der Waals surface area contributed by atoms with Gasteiger partial charge in [0.05, 0.1) is 6.61 Å². The Kier molecular flexibility index (Phi) is 2.15. The van der Waals surface area contributed by atoms with E-state index >= 15 is 0 Å². The van der Waals surface area contributed by atoms with Crippen LogP contribution in [0.5, 0.6) is 0 Å². The summed E-state index contributed by atoms with van der Waals surface area (Å²) in [7, 11) is 0. The van der Waals surface area contributed by atoms with Gasteiger partial charge in [-0.15, -0.1) is 5.56 Å². The number of hydrogen-bond donors (Lipinski definition) is 0. The van der Waals surface area contributed by atoms with Crippen LogP contribution in [0.1, 0.15) is 12.5 Å². The average Bonchev–Trinajstić information content (AvgIpc) is 2.34. The van der Waals surface area contributed by atoms with Gasteiger partial charge in [0.25, 0.3) is 0 Å². The first-order chi connectivity index (χ1) is 4.79. The topological polar surface area (TPSA) is 26.3 Å². The van der Waals surface area contributed by atoms with E-state index in [1.165, 1.54) is 6.92 Å². The molecule has 1 aromatic carbocycles. The van der Waals surface area contributed by atoms with Gasteiger partial charge in [0, 0.05) is 6.92 Å². The van der Waals surface area contributed by atoms with E-state index in [1.807, 2.05) is 24.3 Å². The summed E-state index contributed by atoms with van der Waals surface area (Å²) in [6.45, 7) is 1.80. The van der Waals surface area contributed by atoms with Crippen LogP contribution in [0, 0.1) is 0 Å². The van der Waals surface area contributed by atoms with Gasteiger partial charge in [0.2, 0.25) is 0 Å². The van der Waals surface area contributed by atoms with Crippen molar-refractivity contribution < 1.29 is 9.53 Å². The largest absolute Gasteiger partial charge is 0.463 e. The second-order valence-electron chi connectivity index (χ2n) is 2.07. The van der Waals surface area contributed by atoms with Crippen molar-refractivity contribution in [3.05, 3.63) is 29.8 Å². The summed E-state index contributed by atoms with van der Waals surface area (Å²) in [6.07, 6.45) is 0. The van der Waals surface area contributed by atoms with Crippen LogP contribution in [-0.2, 0) is 16.1 Å². The van der Waals surface area contributed by atoms with Crippen molar-refractivity contribution in [3.63, 3.8) is 0 Å². The summed E-state index contributed by atoms with van der Waals surface area (Å²) in [4.78, 5) is 10.3. The fourth-order valence-corrected chi connectivity index (χ4v) is 0.695. The van der Waals surface area contributed by atoms with Crippen LogP contribution in [0.25, 0.3) is 0 Å². The molecule has 2 heteroatoms. The van der Waals surface area contributed by atoms with E-state index < -0.39 is 0 Å². The first-order valence-electron chi connectivity index (χ1n) is 3.13. The summed E-state index contributed by atoms with van der Waals surface area (Å²) in [6, 6.07) is 7.67. The molecule has 0 N–H and O–H groups in total. The van der Waals surface area contributed by atoms with Crippen LogP contribution >= 0.6 is 0 Å². The highest BCUT2D eigenvalue weighted by Crippen LogP contribution is 2.01. The van der Waals surface area contributed by atoms with E-state index in [0.29, 0.717) is 6.61 Å². The zero-order chi connectivity index (χ0) is 7.40. The molecule has 2 nitrogen and oxygen atoms in total. The molecule has 0 saturated heterocycles. The van der Waals surface area contributed by atoms with Crippen LogP contribution in [0.15, 0.2) is 24.3 Å². The Bertz CT molecular complexity index is 199. The van der Waals surface area contributed by atoms with Crippen molar-refractivity contribution in [2.24, 2.45) is 0 Å². The maximum atomic E-state index is 10.3. The van der Waals surface area contributed by atoms with Gasteiger partial charge < -0.3 is 4.74 Å². The van der Waals surface area contributed by atoms with Crippen molar-refractivity contribution in [3.8, 4) is 0 Å². The SMILES string of the molecule is CC(=O)OCc1ccc[cH-]1. The molecule has 0 spiro atoms. The molecule has 0 unspecified atom stereocenters. The van der Waals surface area contributed by atoms with E-state index in [1.54, 1.807) is 0 Å². The number of esters is 1. The van der Waals surface area contributed by atoms with Crippen LogP contribution in [0.3, 0.4) is 0 Å². The van der Waals surface area contributed by atoms with E-state index in [4.69, 9.17) is 4.74 Å². The first kappa shape index (κ1) is 6.93. The van der Waals surface area contributed by atoms with Gasteiger partial charge in [-0.25, -0.2) is 12.1 Å². The number of carbonyl (C=O) groups is 1. The van der Waals surface area contributed by atoms with Crippen LogP contribution in [-0.4, -0.2) is 5.97 Å². The Morgan fingerprint density at radius 3 is 3.10 bits per heavy atom. The third kappa shape index (κ3) is 1.97. The van der Waals surface area contributed by atoms with Gasteiger partial charge in [-0.3, -0.25) is 4.79 Å². The van der Waals surface area contributed by atoms with Crippen LogP contribution in [0.4, 0.5) is 0 Å².